The Morgan fingerprint density at radius 3 is 2.68 bits per heavy atom. The summed E-state index contributed by atoms with van der Waals surface area (Å²) < 4.78 is 0. The first-order valence-corrected chi connectivity index (χ1v) is 8.46. The number of amides is 2. The van der Waals surface area contributed by atoms with Gasteiger partial charge in [-0.2, -0.15) is 0 Å². The number of rotatable bonds is 2. The van der Waals surface area contributed by atoms with Gasteiger partial charge in [0, 0.05) is 22.4 Å². The summed E-state index contributed by atoms with van der Waals surface area (Å²) in [4.78, 5) is 15.7. The smallest absolute Gasteiger partial charge is 0.308 e. The van der Waals surface area contributed by atoms with E-state index in [1.165, 1.54) is 10.5 Å². The Hall–Kier alpha value is -1.94. The van der Waals surface area contributed by atoms with Gasteiger partial charge in [-0.25, -0.2) is 4.79 Å². The predicted octanol–water partition coefficient (Wildman–Crippen LogP) is 4.92. The number of para-hydroxylation sites is 1. The summed E-state index contributed by atoms with van der Waals surface area (Å²) >= 11 is 1.86. The fourth-order valence-corrected chi connectivity index (χ4v) is 3.74. The van der Waals surface area contributed by atoms with E-state index in [1.807, 2.05) is 66.1 Å². The molecular formula is C18H20N2OS. The molecule has 0 saturated carbocycles. The van der Waals surface area contributed by atoms with E-state index in [0.29, 0.717) is 5.25 Å². The van der Waals surface area contributed by atoms with Gasteiger partial charge in [0.15, 0.2) is 0 Å². The molecule has 0 spiro atoms. The first kappa shape index (κ1) is 15.0. The van der Waals surface area contributed by atoms with Crippen LogP contribution < -0.4 is 10.2 Å². The molecule has 1 atom stereocenters. The molecule has 0 aromatic heterocycles. The fraction of sp³-hybridized carbons (Fsp3) is 0.278. The average Bonchev–Trinajstić information content (AvgIpc) is 2.55. The molecular weight excluding hydrogens is 292 g/mol. The Bertz CT molecular complexity index is 669. The number of aryl methyl sites for hydroxylation is 1. The van der Waals surface area contributed by atoms with Crippen molar-refractivity contribution in [1.29, 1.82) is 0 Å². The highest BCUT2D eigenvalue weighted by Gasteiger charge is 2.28. The van der Waals surface area contributed by atoms with Crippen molar-refractivity contribution in [2.45, 2.75) is 30.4 Å². The highest BCUT2D eigenvalue weighted by Crippen LogP contribution is 2.39. The maximum Gasteiger partial charge on any atom is 0.326 e. The molecule has 0 radical (unpaired) electrons. The molecule has 1 heterocycles. The predicted molar refractivity (Wildman–Crippen MR) is 93.9 cm³/mol. The Morgan fingerprint density at radius 1 is 1.23 bits per heavy atom. The van der Waals surface area contributed by atoms with Crippen LogP contribution in [0.3, 0.4) is 0 Å². The number of nitrogens with zero attached hydrogens (tertiary/aromatic N) is 1. The zero-order valence-corrected chi connectivity index (χ0v) is 13.7. The van der Waals surface area contributed by atoms with Gasteiger partial charge in [0.1, 0.15) is 0 Å². The van der Waals surface area contributed by atoms with Crippen molar-refractivity contribution in [1.82, 2.24) is 0 Å². The molecule has 0 unspecified atom stereocenters. The van der Waals surface area contributed by atoms with Crippen LogP contribution in [0.4, 0.5) is 16.2 Å². The Morgan fingerprint density at radius 2 is 1.95 bits per heavy atom. The maximum absolute atomic E-state index is 12.7. The van der Waals surface area contributed by atoms with Gasteiger partial charge in [0.25, 0.3) is 0 Å². The standard InChI is InChI=1S/C18H20N2OS/c1-3-15-12-20(16-6-4-5-7-17(16)22-15)18(21)19-14-10-8-13(2)9-11-14/h4-11,15H,3,12H2,1-2H3,(H,19,21)/t15-/m0/s1. The third kappa shape index (κ3) is 3.12. The van der Waals surface area contributed by atoms with E-state index in [-0.39, 0.29) is 6.03 Å². The van der Waals surface area contributed by atoms with E-state index < -0.39 is 0 Å². The van der Waals surface area contributed by atoms with E-state index in [4.69, 9.17) is 0 Å². The number of urea groups is 1. The van der Waals surface area contributed by atoms with Crippen molar-refractivity contribution in [3.05, 3.63) is 54.1 Å². The molecule has 114 valence electrons. The maximum atomic E-state index is 12.7. The molecule has 2 aromatic rings. The van der Waals surface area contributed by atoms with E-state index in [2.05, 4.69) is 18.3 Å². The van der Waals surface area contributed by atoms with Crippen molar-refractivity contribution in [2.75, 3.05) is 16.8 Å². The molecule has 3 rings (SSSR count). The van der Waals surface area contributed by atoms with Gasteiger partial charge in [-0.05, 0) is 37.6 Å². The summed E-state index contributed by atoms with van der Waals surface area (Å²) in [7, 11) is 0. The van der Waals surface area contributed by atoms with E-state index >= 15 is 0 Å². The molecule has 2 aromatic carbocycles. The quantitative estimate of drug-likeness (QED) is 0.854. The minimum atomic E-state index is -0.0601. The topological polar surface area (TPSA) is 32.3 Å². The summed E-state index contributed by atoms with van der Waals surface area (Å²) in [6.07, 6.45) is 1.05. The molecule has 0 fully saturated rings. The highest BCUT2D eigenvalue weighted by molar-refractivity contribution is 8.00. The van der Waals surface area contributed by atoms with Gasteiger partial charge < -0.3 is 5.32 Å². The lowest BCUT2D eigenvalue weighted by Gasteiger charge is -2.33. The van der Waals surface area contributed by atoms with Crippen LogP contribution in [-0.4, -0.2) is 17.8 Å². The van der Waals surface area contributed by atoms with Crippen LogP contribution in [0, 0.1) is 6.92 Å². The second-order valence-corrected chi connectivity index (χ2v) is 6.86. The number of anilines is 2. The van der Waals surface area contributed by atoms with Crippen LogP contribution >= 0.6 is 11.8 Å². The third-order valence-electron chi connectivity index (χ3n) is 3.84. The van der Waals surface area contributed by atoms with Crippen LogP contribution in [-0.2, 0) is 0 Å². The number of nitrogens with one attached hydrogen (secondary N) is 1. The monoisotopic (exact) mass is 312 g/mol. The molecule has 3 nitrogen and oxygen atoms in total. The van der Waals surface area contributed by atoms with Gasteiger partial charge >= 0.3 is 6.03 Å². The van der Waals surface area contributed by atoms with Gasteiger partial charge in [0.2, 0.25) is 0 Å². The van der Waals surface area contributed by atoms with Crippen molar-refractivity contribution in [3.63, 3.8) is 0 Å². The van der Waals surface area contributed by atoms with Crippen LogP contribution in [0.2, 0.25) is 0 Å². The summed E-state index contributed by atoms with van der Waals surface area (Å²) in [6, 6.07) is 15.9. The molecule has 4 heteroatoms. The summed E-state index contributed by atoms with van der Waals surface area (Å²) in [5, 5.41) is 3.45. The number of carbonyl (C=O) groups is 1. The zero-order valence-electron chi connectivity index (χ0n) is 12.9. The Kier molecular flexibility index (Phi) is 4.39. The van der Waals surface area contributed by atoms with Gasteiger partial charge in [0.05, 0.1) is 5.69 Å². The number of benzene rings is 2. The second-order valence-electron chi connectivity index (χ2n) is 5.52. The molecule has 0 bridgehead atoms. The number of carbonyl (C=O) groups excluding carboxylic acids is 1. The molecule has 1 aliphatic rings. The first-order valence-electron chi connectivity index (χ1n) is 7.58. The minimum Gasteiger partial charge on any atom is -0.308 e. The zero-order chi connectivity index (χ0) is 15.5. The van der Waals surface area contributed by atoms with Crippen LogP contribution in [0.25, 0.3) is 0 Å². The highest BCUT2D eigenvalue weighted by atomic mass is 32.2. The lowest BCUT2D eigenvalue weighted by Crippen LogP contribution is -2.41. The number of hydrogen-bond donors (Lipinski definition) is 1. The number of hydrogen-bond acceptors (Lipinski definition) is 2. The largest absolute Gasteiger partial charge is 0.326 e. The number of fused-ring (bicyclic) bond motifs is 1. The molecule has 0 saturated heterocycles. The molecule has 2 amide bonds. The van der Waals surface area contributed by atoms with Crippen LogP contribution in [0.1, 0.15) is 18.9 Å². The fourth-order valence-electron chi connectivity index (χ4n) is 2.53. The molecule has 22 heavy (non-hydrogen) atoms. The first-order chi connectivity index (χ1) is 10.7. The lowest BCUT2D eigenvalue weighted by molar-refractivity contribution is 0.256. The normalized spacial score (nSPS) is 17.0. The van der Waals surface area contributed by atoms with E-state index in [9.17, 15) is 4.79 Å². The van der Waals surface area contributed by atoms with E-state index in [1.54, 1.807) is 0 Å². The van der Waals surface area contributed by atoms with Crippen molar-refractivity contribution < 1.29 is 4.79 Å². The third-order valence-corrected chi connectivity index (χ3v) is 5.25. The Balaban J connectivity index is 1.83. The summed E-state index contributed by atoms with van der Waals surface area (Å²) in [6.45, 7) is 4.95. The SMILES string of the molecule is CC[C@H]1CN(C(=O)Nc2ccc(C)cc2)c2ccccc2S1. The van der Waals surface area contributed by atoms with E-state index in [0.717, 1.165) is 24.3 Å². The summed E-state index contributed by atoms with van der Waals surface area (Å²) in [5.74, 6) is 0. The van der Waals surface area contributed by atoms with Crippen molar-refractivity contribution in [2.24, 2.45) is 0 Å². The summed E-state index contributed by atoms with van der Waals surface area (Å²) in [5.41, 5.74) is 3.02. The Labute approximate surface area is 135 Å². The lowest BCUT2D eigenvalue weighted by atomic mass is 10.2. The van der Waals surface area contributed by atoms with Gasteiger partial charge in [-0.3, -0.25) is 4.90 Å². The molecule has 1 N–H and O–H groups in total. The van der Waals surface area contributed by atoms with Crippen molar-refractivity contribution >= 4 is 29.2 Å². The van der Waals surface area contributed by atoms with Gasteiger partial charge in [-0.1, -0.05) is 36.8 Å². The van der Waals surface area contributed by atoms with Gasteiger partial charge in [-0.15, -0.1) is 11.8 Å². The molecule has 1 aliphatic heterocycles. The molecule has 0 aliphatic carbocycles. The minimum absolute atomic E-state index is 0.0601. The average molecular weight is 312 g/mol. The van der Waals surface area contributed by atoms with Crippen LogP contribution in [0.15, 0.2) is 53.4 Å². The number of thioether (sulfide) groups is 1. The van der Waals surface area contributed by atoms with Crippen LogP contribution in [0.5, 0.6) is 0 Å². The second kappa shape index (κ2) is 6.44. The van der Waals surface area contributed by atoms with Crippen molar-refractivity contribution in [3.8, 4) is 0 Å².